The van der Waals surface area contributed by atoms with E-state index in [2.05, 4.69) is 45.1 Å². The van der Waals surface area contributed by atoms with E-state index in [-0.39, 0.29) is 0 Å². The molecule has 2 unspecified atom stereocenters. The van der Waals surface area contributed by atoms with Crippen LogP contribution < -0.4 is 5.32 Å². The molecule has 0 aromatic carbocycles. The summed E-state index contributed by atoms with van der Waals surface area (Å²) in [7, 11) is 0. The van der Waals surface area contributed by atoms with E-state index in [4.69, 9.17) is 11.6 Å². The van der Waals surface area contributed by atoms with Gasteiger partial charge in [-0.2, -0.15) is 0 Å². The predicted molar refractivity (Wildman–Crippen MR) is 90.9 cm³/mol. The van der Waals surface area contributed by atoms with Crippen molar-refractivity contribution in [3.63, 3.8) is 0 Å². The molecule has 1 aliphatic rings. The molecule has 1 aliphatic carbocycles. The number of hydrogen-bond acceptors (Lipinski definition) is 2. The molecule has 1 heterocycles. The summed E-state index contributed by atoms with van der Waals surface area (Å²) in [6.07, 6.45) is 3.97. The van der Waals surface area contributed by atoms with Crippen molar-refractivity contribution >= 4 is 22.9 Å². The number of rotatable bonds is 5. The predicted octanol–water partition coefficient (Wildman–Crippen LogP) is 5.56. The highest BCUT2D eigenvalue weighted by atomic mass is 35.5. The topological polar surface area (TPSA) is 12.0 Å². The maximum atomic E-state index is 6.15. The molecule has 0 spiro atoms. The van der Waals surface area contributed by atoms with Gasteiger partial charge in [0.25, 0.3) is 0 Å². The van der Waals surface area contributed by atoms with Crippen LogP contribution in [-0.2, 0) is 0 Å². The Labute approximate surface area is 133 Å². The molecule has 3 heteroatoms. The van der Waals surface area contributed by atoms with Gasteiger partial charge in [-0.15, -0.1) is 11.3 Å². The van der Waals surface area contributed by atoms with E-state index in [1.807, 2.05) is 0 Å². The fraction of sp³-hybridized carbons (Fsp3) is 0.765. The van der Waals surface area contributed by atoms with Crippen LogP contribution in [0.1, 0.15) is 57.8 Å². The third kappa shape index (κ3) is 4.47. The van der Waals surface area contributed by atoms with Crippen molar-refractivity contribution in [2.75, 3.05) is 13.1 Å². The van der Waals surface area contributed by atoms with E-state index in [1.165, 1.54) is 24.1 Å². The molecule has 2 rings (SSSR count). The van der Waals surface area contributed by atoms with Gasteiger partial charge in [0.2, 0.25) is 0 Å². The minimum absolute atomic E-state index is 0.468. The second-order valence-corrected chi connectivity index (χ2v) is 9.21. The Morgan fingerprint density at radius 1 is 1.40 bits per heavy atom. The van der Waals surface area contributed by atoms with Crippen molar-refractivity contribution in [1.29, 1.82) is 0 Å². The standard InChI is InChI=1S/C17H28ClNS/c1-12(2)10-19-11-13-7-8-17(3,4)9-14(13)15-5-6-16(18)20-15/h5-6,12-14,19H,7-11H2,1-4H3. The molecule has 20 heavy (non-hydrogen) atoms. The number of hydrogen-bond donors (Lipinski definition) is 1. The smallest absolute Gasteiger partial charge is 0.0931 e. The highest BCUT2D eigenvalue weighted by Gasteiger charge is 2.36. The highest BCUT2D eigenvalue weighted by Crippen LogP contribution is 2.48. The third-order valence-electron chi connectivity index (χ3n) is 4.45. The molecule has 1 fully saturated rings. The monoisotopic (exact) mass is 313 g/mol. The van der Waals surface area contributed by atoms with Crippen LogP contribution >= 0.6 is 22.9 Å². The van der Waals surface area contributed by atoms with Gasteiger partial charge >= 0.3 is 0 Å². The molecule has 1 aromatic rings. The van der Waals surface area contributed by atoms with Crippen LogP contribution in [0.25, 0.3) is 0 Å². The van der Waals surface area contributed by atoms with Crippen molar-refractivity contribution < 1.29 is 0 Å². The molecule has 0 radical (unpaired) electrons. The van der Waals surface area contributed by atoms with Crippen molar-refractivity contribution in [2.45, 2.75) is 52.9 Å². The zero-order valence-electron chi connectivity index (χ0n) is 13.2. The minimum Gasteiger partial charge on any atom is -0.316 e. The van der Waals surface area contributed by atoms with Crippen LogP contribution in [0.3, 0.4) is 0 Å². The number of halogens is 1. The molecular formula is C17H28ClNS. The summed E-state index contributed by atoms with van der Waals surface area (Å²) in [4.78, 5) is 1.49. The van der Waals surface area contributed by atoms with E-state index in [1.54, 1.807) is 11.3 Å². The van der Waals surface area contributed by atoms with Crippen LogP contribution in [0.15, 0.2) is 12.1 Å². The molecule has 1 saturated carbocycles. The minimum atomic E-state index is 0.468. The molecule has 0 aliphatic heterocycles. The van der Waals surface area contributed by atoms with Gasteiger partial charge in [-0.3, -0.25) is 0 Å². The Morgan fingerprint density at radius 3 is 2.75 bits per heavy atom. The van der Waals surface area contributed by atoms with Gasteiger partial charge in [-0.25, -0.2) is 0 Å². The van der Waals surface area contributed by atoms with Crippen LogP contribution in [0.4, 0.5) is 0 Å². The summed E-state index contributed by atoms with van der Waals surface area (Å²) in [6.45, 7) is 11.6. The van der Waals surface area contributed by atoms with Gasteiger partial charge in [0.1, 0.15) is 0 Å². The molecule has 2 atom stereocenters. The van der Waals surface area contributed by atoms with Gasteiger partial charge in [0.15, 0.2) is 0 Å². The van der Waals surface area contributed by atoms with Crippen LogP contribution in [0, 0.1) is 17.3 Å². The molecular weight excluding hydrogens is 286 g/mol. The lowest BCUT2D eigenvalue weighted by atomic mass is 9.66. The summed E-state index contributed by atoms with van der Waals surface area (Å²) < 4.78 is 0.928. The molecule has 0 amide bonds. The van der Waals surface area contributed by atoms with Crippen LogP contribution in [0.5, 0.6) is 0 Å². The lowest BCUT2D eigenvalue weighted by molar-refractivity contribution is 0.161. The lowest BCUT2D eigenvalue weighted by Gasteiger charge is -2.40. The Hall–Kier alpha value is -0.0500. The summed E-state index contributed by atoms with van der Waals surface area (Å²) >= 11 is 7.92. The van der Waals surface area contributed by atoms with E-state index >= 15 is 0 Å². The Morgan fingerprint density at radius 2 is 2.15 bits per heavy atom. The Balaban J connectivity index is 2.04. The first kappa shape index (κ1) is 16.3. The SMILES string of the molecule is CC(C)CNCC1CCC(C)(C)CC1c1ccc(Cl)s1. The Bertz CT molecular complexity index is 424. The van der Waals surface area contributed by atoms with E-state index in [0.29, 0.717) is 11.3 Å². The van der Waals surface area contributed by atoms with Gasteiger partial charge in [0, 0.05) is 4.88 Å². The lowest BCUT2D eigenvalue weighted by Crippen LogP contribution is -2.35. The van der Waals surface area contributed by atoms with E-state index < -0.39 is 0 Å². The summed E-state index contributed by atoms with van der Waals surface area (Å²) in [5.74, 6) is 2.16. The number of thiophene rings is 1. The normalized spacial score (nSPS) is 26.1. The zero-order valence-corrected chi connectivity index (χ0v) is 14.8. The summed E-state index contributed by atoms with van der Waals surface area (Å²) in [6, 6.07) is 4.30. The van der Waals surface area contributed by atoms with Crippen molar-refractivity contribution in [1.82, 2.24) is 5.32 Å². The quantitative estimate of drug-likeness (QED) is 0.750. The first-order valence-electron chi connectivity index (χ1n) is 7.83. The van der Waals surface area contributed by atoms with E-state index in [9.17, 15) is 0 Å². The molecule has 1 N–H and O–H groups in total. The molecule has 0 bridgehead atoms. The van der Waals surface area contributed by atoms with Gasteiger partial charge in [0.05, 0.1) is 4.34 Å². The Kier molecular flexibility index (Phi) is 5.56. The van der Waals surface area contributed by atoms with Crippen molar-refractivity contribution in [3.8, 4) is 0 Å². The first-order valence-corrected chi connectivity index (χ1v) is 9.03. The second-order valence-electron chi connectivity index (χ2n) is 7.47. The summed E-state index contributed by atoms with van der Waals surface area (Å²) in [5.41, 5.74) is 0.468. The van der Waals surface area contributed by atoms with Crippen LogP contribution in [-0.4, -0.2) is 13.1 Å². The fourth-order valence-electron chi connectivity index (χ4n) is 3.30. The highest BCUT2D eigenvalue weighted by molar-refractivity contribution is 7.16. The van der Waals surface area contributed by atoms with Gasteiger partial charge < -0.3 is 5.32 Å². The largest absolute Gasteiger partial charge is 0.316 e. The zero-order chi connectivity index (χ0) is 14.8. The maximum Gasteiger partial charge on any atom is 0.0931 e. The third-order valence-corrected chi connectivity index (χ3v) is 5.82. The maximum absolute atomic E-state index is 6.15. The molecule has 0 saturated heterocycles. The molecule has 114 valence electrons. The second kappa shape index (κ2) is 6.81. The number of nitrogens with one attached hydrogen (secondary N) is 1. The van der Waals surface area contributed by atoms with Gasteiger partial charge in [-0.05, 0) is 67.7 Å². The van der Waals surface area contributed by atoms with E-state index in [0.717, 1.165) is 29.3 Å². The fourth-order valence-corrected chi connectivity index (χ4v) is 4.56. The summed E-state index contributed by atoms with van der Waals surface area (Å²) in [5, 5.41) is 3.66. The van der Waals surface area contributed by atoms with Crippen LogP contribution in [0.2, 0.25) is 4.34 Å². The van der Waals surface area contributed by atoms with Crippen molar-refractivity contribution in [2.24, 2.45) is 17.3 Å². The average Bonchev–Trinajstić information content (AvgIpc) is 2.77. The molecule has 1 nitrogen and oxygen atoms in total. The van der Waals surface area contributed by atoms with Gasteiger partial charge in [-0.1, -0.05) is 39.3 Å². The first-order chi connectivity index (χ1) is 9.37. The molecule has 1 aromatic heterocycles. The van der Waals surface area contributed by atoms with Crippen molar-refractivity contribution in [3.05, 3.63) is 21.3 Å². The average molecular weight is 314 g/mol.